The Morgan fingerprint density at radius 2 is 1.75 bits per heavy atom. The molecule has 0 saturated carbocycles. The lowest BCUT2D eigenvalue weighted by Gasteiger charge is -2.22. The highest BCUT2D eigenvalue weighted by Gasteiger charge is 2.15. The first-order valence-corrected chi connectivity index (χ1v) is 7.77. The molecule has 0 N–H and O–H groups in total. The summed E-state index contributed by atoms with van der Waals surface area (Å²) in [6, 6.07) is 12.4. The van der Waals surface area contributed by atoms with Gasteiger partial charge in [-0.3, -0.25) is 4.98 Å². The Balaban J connectivity index is 1.98. The number of benzene rings is 1. The van der Waals surface area contributed by atoms with Crippen LogP contribution in [0, 0.1) is 19.7 Å². The van der Waals surface area contributed by atoms with Gasteiger partial charge in [-0.25, -0.2) is 14.4 Å². The van der Waals surface area contributed by atoms with Gasteiger partial charge in [-0.2, -0.15) is 0 Å². The van der Waals surface area contributed by atoms with E-state index in [1.807, 2.05) is 50.1 Å². The van der Waals surface area contributed by atoms with Crippen LogP contribution in [0.3, 0.4) is 0 Å². The molecule has 0 fully saturated rings. The molecule has 0 saturated heterocycles. The molecule has 0 atom stereocenters. The molecule has 1 aromatic carbocycles. The molecule has 3 aromatic rings. The van der Waals surface area contributed by atoms with E-state index in [-0.39, 0.29) is 5.82 Å². The van der Waals surface area contributed by atoms with Crippen molar-refractivity contribution in [3.05, 3.63) is 71.3 Å². The first-order valence-electron chi connectivity index (χ1n) is 7.77. The Labute approximate surface area is 141 Å². The predicted octanol–water partition coefficient (Wildman–Crippen LogP) is 3.93. The summed E-state index contributed by atoms with van der Waals surface area (Å²) in [7, 11) is 1.91. The minimum absolute atomic E-state index is 0.210. The minimum atomic E-state index is -0.210. The average Bonchev–Trinajstić information content (AvgIpc) is 2.60. The van der Waals surface area contributed by atoms with Crippen molar-refractivity contribution in [1.29, 1.82) is 0 Å². The van der Waals surface area contributed by atoms with Crippen LogP contribution in [0.15, 0.2) is 48.7 Å². The number of nitrogens with zero attached hydrogens (tertiary/aromatic N) is 4. The van der Waals surface area contributed by atoms with Crippen molar-refractivity contribution in [2.24, 2.45) is 0 Å². The van der Waals surface area contributed by atoms with E-state index in [2.05, 4.69) is 15.0 Å². The molecular formula is C19H19FN4. The molecule has 2 heterocycles. The highest BCUT2D eigenvalue weighted by Crippen LogP contribution is 2.24. The third-order valence-corrected chi connectivity index (χ3v) is 3.98. The summed E-state index contributed by atoms with van der Waals surface area (Å²) in [4.78, 5) is 15.4. The summed E-state index contributed by atoms with van der Waals surface area (Å²) >= 11 is 0. The minimum Gasteiger partial charge on any atom is -0.355 e. The number of halogens is 1. The number of anilines is 1. The summed E-state index contributed by atoms with van der Waals surface area (Å²) in [5.41, 5.74) is 3.23. The summed E-state index contributed by atoms with van der Waals surface area (Å²) < 4.78 is 13.9. The first kappa shape index (κ1) is 16.1. The molecule has 0 aliphatic rings. The Morgan fingerprint density at radius 1 is 1.00 bits per heavy atom. The van der Waals surface area contributed by atoms with Crippen LogP contribution in [0.2, 0.25) is 0 Å². The van der Waals surface area contributed by atoms with Gasteiger partial charge in [-0.15, -0.1) is 0 Å². The van der Waals surface area contributed by atoms with Gasteiger partial charge in [0.2, 0.25) is 0 Å². The second-order valence-electron chi connectivity index (χ2n) is 5.74. The zero-order valence-electron chi connectivity index (χ0n) is 14.0. The largest absolute Gasteiger partial charge is 0.355 e. The molecule has 24 heavy (non-hydrogen) atoms. The van der Waals surface area contributed by atoms with Crippen molar-refractivity contribution in [2.75, 3.05) is 11.9 Å². The molecule has 2 aromatic heterocycles. The Morgan fingerprint density at radius 3 is 2.46 bits per heavy atom. The van der Waals surface area contributed by atoms with Crippen LogP contribution < -0.4 is 4.90 Å². The lowest BCUT2D eigenvalue weighted by atomic mass is 10.1. The number of hydrogen-bond acceptors (Lipinski definition) is 4. The summed E-state index contributed by atoms with van der Waals surface area (Å²) in [5, 5.41) is 0. The van der Waals surface area contributed by atoms with E-state index >= 15 is 0 Å². The van der Waals surface area contributed by atoms with E-state index in [0.717, 1.165) is 22.8 Å². The van der Waals surface area contributed by atoms with Gasteiger partial charge in [0.1, 0.15) is 17.3 Å². The third-order valence-electron chi connectivity index (χ3n) is 3.98. The van der Waals surface area contributed by atoms with Crippen molar-refractivity contribution >= 4 is 5.82 Å². The second kappa shape index (κ2) is 6.74. The predicted molar refractivity (Wildman–Crippen MR) is 93.2 cm³/mol. The van der Waals surface area contributed by atoms with Crippen molar-refractivity contribution in [3.8, 4) is 11.5 Å². The molecule has 0 amide bonds. The molecule has 0 bridgehead atoms. The van der Waals surface area contributed by atoms with Gasteiger partial charge in [0.25, 0.3) is 0 Å². The van der Waals surface area contributed by atoms with E-state index < -0.39 is 0 Å². The van der Waals surface area contributed by atoms with E-state index in [1.54, 1.807) is 18.3 Å². The zero-order chi connectivity index (χ0) is 17.1. The summed E-state index contributed by atoms with van der Waals surface area (Å²) in [5.74, 6) is 1.15. The number of hydrogen-bond donors (Lipinski definition) is 0. The van der Waals surface area contributed by atoms with Crippen LogP contribution in [0.5, 0.6) is 0 Å². The maximum Gasteiger partial charge on any atom is 0.180 e. The molecule has 3 rings (SSSR count). The zero-order valence-corrected chi connectivity index (χ0v) is 14.0. The van der Waals surface area contributed by atoms with Crippen LogP contribution in [0.1, 0.15) is 16.8 Å². The van der Waals surface area contributed by atoms with Gasteiger partial charge in [-0.05, 0) is 32.0 Å². The number of aromatic nitrogens is 3. The molecule has 0 spiro atoms. The van der Waals surface area contributed by atoms with E-state index in [9.17, 15) is 4.39 Å². The molecule has 0 unspecified atom stereocenters. The monoisotopic (exact) mass is 322 g/mol. The highest BCUT2D eigenvalue weighted by molar-refractivity contribution is 5.57. The highest BCUT2D eigenvalue weighted by atomic mass is 19.1. The maximum atomic E-state index is 13.9. The number of aryl methyl sites for hydroxylation is 1. The fraction of sp³-hybridized carbons (Fsp3) is 0.211. The summed E-state index contributed by atoms with van der Waals surface area (Å²) in [6.45, 7) is 4.36. The fourth-order valence-electron chi connectivity index (χ4n) is 2.55. The standard InChI is InChI=1S/C19H19FN4/c1-13-14(2)22-18(17-10-6-7-11-21-17)23-19(13)24(3)12-15-8-4-5-9-16(15)20/h4-11H,12H2,1-3H3. The molecule has 5 heteroatoms. The quantitative estimate of drug-likeness (QED) is 0.730. The molecule has 0 aliphatic heterocycles. The Hall–Kier alpha value is -2.82. The Kier molecular flexibility index (Phi) is 4.51. The second-order valence-corrected chi connectivity index (χ2v) is 5.74. The number of pyridine rings is 1. The maximum absolute atomic E-state index is 13.9. The fourth-order valence-corrected chi connectivity index (χ4v) is 2.55. The van der Waals surface area contributed by atoms with Crippen LogP contribution in [0.4, 0.5) is 10.2 Å². The smallest absolute Gasteiger partial charge is 0.180 e. The van der Waals surface area contributed by atoms with E-state index in [0.29, 0.717) is 17.9 Å². The van der Waals surface area contributed by atoms with Crippen LogP contribution >= 0.6 is 0 Å². The van der Waals surface area contributed by atoms with Gasteiger partial charge < -0.3 is 4.90 Å². The lowest BCUT2D eigenvalue weighted by Crippen LogP contribution is -2.21. The van der Waals surface area contributed by atoms with Crippen molar-refractivity contribution in [3.63, 3.8) is 0 Å². The van der Waals surface area contributed by atoms with Gasteiger partial charge in [-0.1, -0.05) is 24.3 Å². The molecule has 122 valence electrons. The Bertz CT molecular complexity index is 849. The SMILES string of the molecule is Cc1nc(-c2ccccn2)nc(N(C)Cc2ccccc2F)c1C. The molecule has 4 nitrogen and oxygen atoms in total. The van der Waals surface area contributed by atoms with Gasteiger partial charge in [0.05, 0.1) is 0 Å². The van der Waals surface area contributed by atoms with Crippen LogP contribution in [-0.2, 0) is 6.54 Å². The molecule has 0 radical (unpaired) electrons. The lowest BCUT2D eigenvalue weighted by molar-refractivity contribution is 0.607. The van der Waals surface area contributed by atoms with Crippen LogP contribution in [-0.4, -0.2) is 22.0 Å². The van der Waals surface area contributed by atoms with E-state index in [4.69, 9.17) is 0 Å². The van der Waals surface area contributed by atoms with Crippen molar-refractivity contribution < 1.29 is 4.39 Å². The van der Waals surface area contributed by atoms with Gasteiger partial charge in [0, 0.05) is 36.6 Å². The van der Waals surface area contributed by atoms with Gasteiger partial charge in [0.15, 0.2) is 5.82 Å². The van der Waals surface area contributed by atoms with Gasteiger partial charge >= 0.3 is 0 Å². The number of rotatable bonds is 4. The average molecular weight is 322 g/mol. The van der Waals surface area contributed by atoms with Crippen molar-refractivity contribution in [1.82, 2.24) is 15.0 Å². The van der Waals surface area contributed by atoms with Crippen LogP contribution in [0.25, 0.3) is 11.5 Å². The topological polar surface area (TPSA) is 41.9 Å². The van der Waals surface area contributed by atoms with Crippen molar-refractivity contribution in [2.45, 2.75) is 20.4 Å². The molecular weight excluding hydrogens is 303 g/mol. The molecule has 0 aliphatic carbocycles. The normalized spacial score (nSPS) is 10.7. The first-order chi connectivity index (χ1) is 11.6. The van der Waals surface area contributed by atoms with E-state index in [1.165, 1.54) is 6.07 Å². The third kappa shape index (κ3) is 3.25. The summed E-state index contributed by atoms with van der Waals surface area (Å²) in [6.07, 6.45) is 1.72.